The van der Waals surface area contributed by atoms with Crippen molar-refractivity contribution in [2.24, 2.45) is 5.92 Å². The van der Waals surface area contributed by atoms with Crippen molar-refractivity contribution >= 4 is 21.9 Å². The average molecular weight is 283 g/mol. The molecule has 2 atom stereocenters. The normalized spacial score (nSPS) is 21.8. The summed E-state index contributed by atoms with van der Waals surface area (Å²) in [5, 5.41) is 0.956. The van der Waals surface area contributed by atoms with E-state index in [2.05, 4.69) is 28.1 Å². The maximum Gasteiger partial charge on any atom is 0.306 e. The van der Waals surface area contributed by atoms with E-state index in [1.807, 2.05) is 18.2 Å². The number of hydrogen-bond donors (Lipinski definition) is 0. The Morgan fingerprint density at radius 1 is 1.38 bits per heavy atom. The molecule has 16 heavy (non-hydrogen) atoms. The summed E-state index contributed by atoms with van der Waals surface area (Å²) in [6.07, 6.45) is 1.61. The second-order valence-corrected chi connectivity index (χ2v) is 4.94. The third-order valence-corrected chi connectivity index (χ3v) is 3.56. The largest absolute Gasteiger partial charge is 0.465 e. The summed E-state index contributed by atoms with van der Waals surface area (Å²) in [6, 6.07) is 10.4. The van der Waals surface area contributed by atoms with Crippen molar-refractivity contribution < 1.29 is 9.53 Å². The second kappa shape index (κ2) is 5.48. The smallest absolute Gasteiger partial charge is 0.306 e. The Labute approximate surface area is 104 Å². The van der Waals surface area contributed by atoms with E-state index in [-0.39, 0.29) is 5.97 Å². The van der Waals surface area contributed by atoms with Crippen LogP contribution in [0, 0.1) is 5.92 Å². The van der Waals surface area contributed by atoms with Gasteiger partial charge in [0, 0.05) is 11.2 Å². The van der Waals surface area contributed by atoms with Crippen molar-refractivity contribution in [3.63, 3.8) is 0 Å². The minimum Gasteiger partial charge on any atom is -0.465 e. The first-order valence-corrected chi connectivity index (χ1v) is 6.70. The molecule has 0 saturated carbocycles. The Hall–Kier alpha value is -0.830. The van der Waals surface area contributed by atoms with Crippen LogP contribution in [0.4, 0.5) is 0 Å². The van der Waals surface area contributed by atoms with Crippen molar-refractivity contribution in [2.75, 3.05) is 11.9 Å². The summed E-state index contributed by atoms with van der Waals surface area (Å²) in [5.41, 5.74) is 1.31. The van der Waals surface area contributed by atoms with Gasteiger partial charge in [-0.25, -0.2) is 0 Å². The zero-order valence-corrected chi connectivity index (χ0v) is 10.7. The summed E-state index contributed by atoms with van der Waals surface area (Å²) in [4.78, 5) is 11.2. The summed E-state index contributed by atoms with van der Waals surface area (Å²) in [6.45, 7) is 0.575. The van der Waals surface area contributed by atoms with Crippen LogP contribution < -0.4 is 0 Å². The number of carbonyl (C=O) groups excluding carboxylic acids is 1. The van der Waals surface area contributed by atoms with Gasteiger partial charge in [0.05, 0.1) is 13.0 Å². The lowest BCUT2D eigenvalue weighted by molar-refractivity contribution is -0.137. The SMILES string of the molecule is O=C1C[C@H]([C@H](CCBr)c2ccccc2)CO1. The van der Waals surface area contributed by atoms with Gasteiger partial charge in [0.15, 0.2) is 0 Å². The van der Waals surface area contributed by atoms with Crippen molar-refractivity contribution in [3.8, 4) is 0 Å². The van der Waals surface area contributed by atoms with Crippen LogP contribution in [0.1, 0.15) is 24.3 Å². The minimum absolute atomic E-state index is 0.0551. The molecule has 0 amide bonds. The molecule has 1 aromatic carbocycles. The van der Waals surface area contributed by atoms with Crippen LogP contribution in [0.2, 0.25) is 0 Å². The molecule has 0 spiro atoms. The fourth-order valence-corrected chi connectivity index (χ4v) is 2.78. The summed E-state index contributed by atoms with van der Waals surface area (Å²) in [5.74, 6) is 0.708. The third-order valence-electron chi connectivity index (χ3n) is 3.10. The predicted molar refractivity (Wildman–Crippen MR) is 66.7 cm³/mol. The Morgan fingerprint density at radius 2 is 2.12 bits per heavy atom. The van der Waals surface area contributed by atoms with Gasteiger partial charge in [0.1, 0.15) is 0 Å². The molecule has 1 saturated heterocycles. The van der Waals surface area contributed by atoms with Gasteiger partial charge in [-0.2, -0.15) is 0 Å². The fraction of sp³-hybridized carbons (Fsp3) is 0.462. The maximum atomic E-state index is 11.2. The predicted octanol–water partition coefficient (Wildman–Crippen LogP) is 3.12. The number of halogens is 1. The molecular formula is C13H15BrO2. The van der Waals surface area contributed by atoms with Gasteiger partial charge in [-0.3, -0.25) is 4.79 Å². The molecule has 86 valence electrons. The molecule has 0 bridgehead atoms. The van der Waals surface area contributed by atoms with Crippen LogP contribution in [0.15, 0.2) is 30.3 Å². The molecule has 0 radical (unpaired) electrons. The van der Waals surface area contributed by atoms with Gasteiger partial charge >= 0.3 is 5.97 Å². The Kier molecular flexibility index (Phi) is 3.99. The highest BCUT2D eigenvalue weighted by atomic mass is 79.9. The topological polar surface area (TPSA) is 26.3 Å². The molecule has 2 rings (SSSR count). The molecule has 0 N–H and O–H groups in total. The first-order valence-electron chi connectivity index (χ1n) is 5.58. The fourth-order valence-electron chi connectivity index (χ4n) is 2.28. The Morgan fingerprint density at radius 3 is 2.69 bits per heavy atom. The van der Waals surface area contributed by atoms with Crippen LogP contribution in [0.3, 0.4) is 0 Å². The lowest BCUT2D eigenvalue weighted by Crippen LogP contribution is -2.13. The zero-order valence-electron chi connectivity index (χ0n) is 9.06. The third kappa shape index (κ3) is 2.64. The van der Waals surface area contributed by atoms with E-state index in [1.165, 1.54) is 5.56 Å². The molecule has 0 aliphatic carbocycles. The number of ether oxygens (including phenoxy) is 1. The van der Waals surface area contributed by atoms with Crippen molar-refractivity contribution in [2.45, 2.75) is 18.8 Å². The molecular weight excluding hydrogens is 268 g/mol. The number of esters is 1. The van der Waals surface area contributed by atoms with Gasteiger partial charge in [0.25, 0.3) is 0 Å². The van der Waals surface area contributed by atoms with Crippen LogP contribution in [0.5, 0.6) is 0 Å². The lowest BCUT2D eigenvalue weighted by Gasteiger charge is -2.20. The van der Waals surface area contributed by atoms with Crippen LogP contribution in [-0.2, 0) is 9.53 Å². The highest BCUT2D eigenvalue weighted by Gasteiger charge is 2.31. The van der Waals surface area contributed by atoms with E-state index in [0.29, 0.717) is 24.9 Å². The standard InChI is InChI=1S/C13H15BrO2/c14-7-6-12(10-4-2-1-3-5-10)11-8-13(15)16-9-11/h1-5,11-12H,6-9H2/t11-,12+/m0/s1. The van der Waals surface area contributed by atoms with Gasteiger partial charge in [-0.1, -0.05) is 46.3 Å². The summed E-state index contributed by atoms with van der Waals surface area (Å²) in [7, 11) is 0. The second-order valence-electron chi connectivity index (χ2n) is 4.14. The van der Waals surface area contributed by atoms with E-state index in [1.54, 1.807) is 0 Å². The van der Waals surface area contributed by atoms with Crippen LogP contribution in [0.25, 0.3) is 0 Å². The molecule has 0 unspecified atom stereocenters. The van der Waals surface area contributed by atoms with Crippen LogP contribution in [-0.4, -0.2) is 17.9 Å². The highest BCUT2D eigenvalue weighted by Crippen LogP contribution is 2.34. The summed E-state index contributed by atoms with van der Waals surface area (Å²) >= 11 is 3.48. The van der Waals surface area contributed by atoms with Gasteiger partial charge in [-0.15, -0.1) is 0 Å². The Bertz CT molecular complexity index is 350. The highest BCUT2D eigenvalue weighted by molar-refractivity contribution is 9.09. The number of cyclic esters (lactones) is 1. The average Bonchev–Trinajstić information content (AvgIpc) is 2.74. The molecule has 1 heterocycles. The zero-order chi connectivity index (χ0) is 11.4. The first kappa shape index (κ1) is 11.6. The van der Waals surface area contributed by atoms with Crippen molar-refractivity contribution in [3.05, 3.63) is 35.9 Å². The Balaban J connectivity index is 2.14. The van der Waals surface area contributed by atoms with E-state index in [4.69, 9.17) is 4.74 Å². The van der Waals surface area contributed by atoms with Gasteiger partial charge in [0.2, 0.25) is 0 Å². The summed E-state index contributed by atoms with van der Waals surface area (Å²) < 4.78 is 5.06. The molecule has 1 fully saturated rings. The van der Waals surface area contributed by atoms with E-state index >= 15 is 0 Å². The number of alkyl halides is 1. The first-order chi connectivity index (χ1) is 7.81. The van der Waals surface area contributed by atoms with Crippen molar-refractivity contribution in [1.29, 1.82) is 0 Å². The van der Waals surface area contributed by atoms with E-state index in [9.17, 15) is 4.79 Å². The quantitative estimate of drug-likeness (QED) is 0.627. The van der Waals surface area contributed by atoms with Gasteiger partial charge in [-0.05, 0) is 17.9 Å². The lowest BCUT2D eigenvalue weighted by atomic mass is 9.83. The van der Waals surface area contributed by atoms with Crippen LogP contribution >= 0.6 is 15.9 Å². The monoisotopic (exact) mass is 282 g/mol. The number of rotatable bonds is 4. The molecule has 1 aromatic rings. The van der Waals surface area contributed by atoms with Crippen molar-refractivity contribution in [1.82, 2.24) is 0 Å². The number of hydrogen-bond acceptors (Lipinski definition) is 2. The molecule has 3 heteroatoms. The number of carbonyl (C=O) groups is 1. The molecule has 0 aromatic heterocycles. The minimum atomic E-state index is -0.0551. The van der Waals surface area contributed by atoms with E-state index in [0.717, 1.165) is 11.8 Å². The van der Waals surface area contributed by atoms with Gasteiger partial charge < -0.3 is 4.74 Å². The van der Waals surface area contributed by atoms with E-state index < -0.39 is 0 Å². The molecule has 2 nitrogen and oxygen atoms in total. The number of benzene rings is 1. The molecule has 1 aliphatic rings. The molecule has 1 aliphatic heterocycles. The maximum absolute atomic E-state index is 11.2.